The maximum atomic E-state index is 13.0. The number of aryl methyl sites for hydroxylation is 1. The van der Waals surface area contributed by atoms with Crippen LogP contribution in [0.25, 0.3) is 10.6 Å². The van der Waals surface area contributed by atoms with Gasteiger partial charge in [0.25, 0.3) is 5.91 Å². The van der Waals surface area contributed by atoms with E-state index in [0.29, 0.717) is 5.69 Å². The maximum Gasteiger partial charge on any atom is 0.273 e. The van der Waals surface area contributed by atoms with Crippen molar-refractivity contribution in [1.82, 2.24) is 19.7 Å². The molecule has 3 heterocycles. The van der Waals surface area contributed by atoms with Crippen LogP contribution in [0.2, 0.25) is 0 Å². The molecule has 0 spiro atoms. The number of hydrogen-bond acceptors (Lipinski definition) is 5. The van der Waals surface area contributed by atoms with Gasteiger partial charge in [-0.05, 0) is 37.0 Å². The summed E-state index contributed by atoms with van der Waals surface area (Å²) >= 11 is 1.48. The van der Waals surface area contributed by atoms with Crippen LogP contribution in [0.1, 0.15) is 28.9 Å². The number of rotatable bonds is 5. The maximum absolute atomic E-state index is 13.0. The second kappa shape index (κ2) is 7.52. The molecule has 0 radical (unpaired) electrons. The number of likely N-dealkylation sites (tertiary alicyclic amines) is 1. The number of amides is 1. The van der Waals surface area contributed by atoms with Gasteiger partial charge in [0.15, 0.2) is 0 Å². The van der Waals surface area contributed by atoms with Gasteiger partial charge in [-0.2, -0.15) is 5.10 Å². The topological polar surface area (TPSA) is 60.2 Å². The molecule has 0 bridgehead atoms. The van der Waals surface area contributed by atoms with E-state index >= 15 is 0 Å². The molecule has 2 aromatic heterocycles. The minimum Gasteiger partial charge on any atom is -0.497 e. The molecule has 7 heteroatoms. The zero-order valence-corrected chi connectivity index (χ0v) is 16.3. The second-order valence-electron chi connectivity index (χ2n) is 6.79. The molecule has 0 aliphatic carbocycles. The standard InChI is InChI=1S/C20H22N4O2S/c1-23-12-15(11-21-23)19-22-18(13-27-19)20(25)24-8-4-6-16(24)9-14-5-3-7-17(10-14)26-2/h3,5,7,10-13,16H,4,6,8-9H2,1-2H3. The summed E-state index contributed by atoms with van der Waals surface area (Å²) in [6.07, 6.45) is 6.56. The smallest absolute Gasteiger partial charge is 0.273 e. The molecule has 3 aromatic rings. The Bertz CT molecular complexity index is 949. The Morgan fingerprint density at radius 1 is 1.41 bits per heavy atom. The minimum absolute atomic E-state index is 0.0202. The number of nitrogens with zero attached hydrogens (tertiary/aromatic N) is 4. The summed E-state index contributed by atoms with van der Waals surface area (Å²) in [4.78, 5) is 19.6. The van der Waals surface area contributed by atoms with Crippen LogP contribution in [0, 0.1) is 0 Å². The number of carbonyl (C=O) groups excluding carboxylic acids is 1. The average Bonchev–Trinajstić information content (AvgIpc) is 3.41. The molecule has 1 amide bonds. The molecule has 27 heavy (non-hydrogen) atoms. The number of hydrogen-bond donors (Lipinski definition) is 0. The number of benzene rings is 1. The third kappa shape index (κ3) is 3.73. The fraction of sp³-hybridized carbons (Fsp3) is 0.350. The molecule has 1 saturated heterocycles. The van der Waals surface area contributed by atoms with Gasteiger partial charge >= 0.3 is 0 Å². The SMILES string of the molecule is COc1cccc(CC2CCCN2C(=O)c2csc(-c3cnn(C)c3)n2)c1. The van der Waals surface area contributed by atoms with Gasteiger partial charge in [-0.1, -0.05) is 12.1 Å². The van der Waals surface area contributed by atoms with Gasteiger partial charge in [-0.25, -0.2) is 4.98 Å². The minimum atomic E-state index is 0.0202. The summed E-state index contributed by atoms with van der Waals surface area (Å²) in [7, 11) is 3.54. The van der Waals surface area contributed by atoms with Crippen molar-refractivity contribution in [1.29, 1.82) is 0 Å². The lowest BCUT2D eigenvalue weighted by Gasteiger charge is -2.24. The predicted molar refractivity (Wildman–Crippen MR) is 105 cm³/mol. The summed E-state index contributed by atoms with van der Waals surface area (Å²) in [5, 5.41) is 6.86. The summed E-state index contributed by atoms with van der Waals surface area (Å²) in [5.74, 6) is 0.871. The van der Waals surface area contributed by atoms with Crippen LogP contribution in [0.3, 0.4) is 0 Å². The first kappa shape index (κ1) is 17.7. The van der Waals surface area contributed by atoms with E-state index in [9.17, 15) is 4.79 Å². The fourth-order valence-electron chi connectivity index (χ4n) is 3.57. The highest BCUT2D eigenvalue weighted by atomic mass is 32.1. The third-order valence-corrected chi connectivity index (χ3v) is 5.81. The van der Waals surface area contributed by atoms with E-state index in [1.165, 1.54) is 16.9 Å². The lowest BCUT2D eigenvalue weighted by molar-refractivity contribution is 0.0731. The highest BCUT2D eigenvalue weighted by Gasteiger charge is 2.30. The zero-order valence-electron chi connectivity index (χ0n) is 15.5. The average molecular weight is 382 g/mol. The van der Waals surface area contributed by atoms with E-state index in [4.69, 9.17) is 4.74 Å². The van der Waals surface area contributed by atoms with Gasteiger partial charge in [0.1, 0.15) is 16.5 Å². The first-order valence-electron chi connectivity index (χ1n) is 9.02. The molecule has 0 N–H and O–H groups in total. The molecule has 1 unspecified atom stereocenters. The summed E-state index contributed by atoms with van der Waals surface area (Å²) in [6.45, 7) is 0.785. The monoisotopic (exact) mass is 382 g/mol. The molecule has 1 aliphatic rings. The van der Waals surface area contributed by atoms with Crippen LogP contribution >= 0.6 is 11.3 Å². The predicted octanol–water partition coefficient (Wildman–Crippen LogP) is 3.40. The van der Waals surface area contributed by atoms with Gasteiger partial charge in [-0.15, -0.1) is 11.3 Å². The first-order chi connectivity index (χ1) is 13.1. The van der Waals surface area contributed by atoms with E-state index in [0.717, 1.165) is 42.1 Å². The Kier molecular flexibility index (Phi) is 4.94. The molecule has 1 aromatic carbocycles. The van der Waals surface area contributed by atoms with Crippen LogP contribution in [0.5, 0.6) is 5.75 Å². The molecule has 6 nitrogen and oxygen atoms in total. The molecule has 140 valence electrons. The Balaban J connectivity index is 1.50. The van der Waals surface area contributed by atoms with Crippen molar-refractivity contribution < 1.29 is 9.53 Å². The van der Waals surface area contributed by atoms with E-state index in [-0.39, 0.29) is 11.9 Å². The Hall–Kier alpha value is -2.67. The molecule has 1 fully saturated rings. The van der Waals surface area contributed by atoms with Crippen molar-refractivity contribution in [3.05, 3.63) is 53.3 Å². The number of thiazole rings is 1. The van der Waals surface area contributed by atoms with E-state index in [1.807, 2.05) is 41.7 Å². The lowest BCUT2D eigenvalue weighted by atomic mass is 10.0. The van der Waals surface area contributed by atoms with Crippen LogP contribution in [0.15, 0.2) is 42.0 Å². The van der Waals surface area contributed by atoms with Crippen molar-refractivity contribution in [3.8, 4) is 16.3 Å². The van der Waals surface area contributed by atoms with Crippen molar-refractivity contribution in [3.63, 3.8) is 0 Å². The van der Waals surface area contributed by atoms with Crippen LogP contribution in [0.4, 0.5) is 0 Å². The lowest BCUT2D eigenvalue weighted by Crippen LogP contribution is -2.37. The Labute approximate surface area is 162 Å². The normalized spacial score (nSPS) is 16.7. The second-order valence-corrected chi connectivity index (χ2v) is 7.65. The largest absolute Gasteiger partial charge is 0.497 e. The molecule has 1 aliphatic heterocycles. The fourth-order valence-corrected chi connectivity index (χ4v) is 4.34. The Morgan fingerprint density at radius 2 is 2.30 bits per heavy atom. The Morgan fingerprint density at radius 3 is 3.07 bits per heavy atom. The summed E-state index contributed by atoms with van der Waals surface area (Å²) in [5.41, 5.74) is 2.65. The van der Waals surface area contributed by atoms with Crippen molar-refractivity contribution >= 4 is 17.2 Å². The van der Waals surface area contributed by atoms with Crippen LogP contribution in [-0.2, 0) is 13.5 Å². The van der Waals surface area contributed by atoms with E-state index in [2.05, 4.69) is 16.1 Å². The molecule has 0 saturated carbocycles. The molecular formula is C20H22N4O2S. The van der Waals surface area contributed by atoms with Gasteiger partial charge in [-0.3, -0.25) is 9.48 Å². The van der Waals surface area contributed by atoms with E-state index < -0.39 is 0 Å². The first-order valence-corrected chi connectivity index (χ1v) is 9.90. The van der Waals surface area contributed by atoms with Crippen molar-refractivity contribution in [2.45, 2.75) is 25.3 Å². The zero-order chi connectivity index (χ0) is 18.8. The van der Waals surface area contributed by atoms with E-state index in [1.54, 1.807) is 18.0 Å². The highest BCUT2D eigenvalue weighted by Crippen LogP contribution is 2.27. The molecular weight excluding hydrogens is 360 g/mol. The van der Waals surface area contributed by atoms with Crippen molar-refractivity contribution in [2.24, 2.45) is 7.05 Å². The number of ether oxygens (including phenoxy) is 1. The quantitative estimate of drug-likeness (QED) is 0.679. The molecule has 4 rings (SSSR count). The van der Waals surface area contributed by atoms with Gasteiger partial charge in [0.2, 0.25) is 0 Å². The summed E-state index contributed by atoms with van der Waals surface area (Å²) in [6, 6.07) is 8.27. The molecule has 1 atom stereocenters. The van der Waals surface area contributed by atoms with Crippen molar-refractivity contribution in [2.75, 3.05) is 13.7 Å². The highest BCUT2D eigenvalue weighted by molar-refractivity contribution is 7.13. The third-order valence-electron chi connectivity index (χ3n) is 4.92. The summed E-state index contributed by atoms with van der Waals surface area (Å²) < 4.78 is 7.05. The van der Waals surface area contributed by atoms with Crippen LogP contribution < -0.4 is 4.74 Å². The number of methoxy groups -OCH3 is 1. The van der Waals surface area contributed by atoms with Gasteiger partial charge in [0.05, 0.1) is 13.3 Å². The number of carbonyl (C=O) groups is 1. The number of aromatic nitrogens is 3. The van der Waals surface area contributed by atoms with Gasteiger partial charge < -0.3 is 9.64 Å². The van der Waals surface area contributed by atoms with Crippen LogP contribution in [-0.4, -0.2) is 45.3 Å². The van der Waals surface area contributed by atoms with Gasteiger partial charge in [0, 0.05) is 36.8 Å².